The summed E-state index contributed by atoms with van der Waals surface area (Å²) in [4.78, 5) is 24.4. The van der Waals surface area contributed by atoms with E-state index < -0.39 is 17.9 Å². The first-order valence-electron chi connectivity index (χ1n) is 8.58. The number of hydrazine groups is 1. The predicted molar refractivity (Wildman–Crippen MR) is 106 cm³/mol. The number of nitrogens with zero attached hydrogens (tertiary/aromatic N) is 1. The fraction of sp³-hybridized carbons (Fsp3) is 0.150. The summed E-state index contributed by atoms with van der Waals surface area (Å²) >= 11 is 6.07. The Morgan fingerprint density at radius 3 is 2.61 bits per heavy atom. The fourth-order valence-corrected chi connectivity index (χ4v) is 2.59. The summed E-state index contributed by atoms with van der Waals surface area (Å²) < 4.78 is 5.57. The van der Waals surface area contributed by atoms with Crippen LogP contribution in [0.3, 0.4) is 0 Å². The number of halogens is 1. The maximum absolute atomic E-state index is 12.2. The van der Waals surface area contributed by atoms with E-state index in [0.29, 0.717) is 16.5 Å². The van der Waals surface area contributed by atoms with Gasteiger partial charge >= 0.3 is 0 Å². The smallest absolute Gasteiger partial charge is 0.287 e. The zero-order valence-corrected chi connectivity index (χ0v) is 16.1. The number of aryl methyl sites for hydroxylation is 1. The van der Waals surface area contributed by atoms with Crippen LogP contribution < -0.4 is 15.6 Å². The van der Waals surface area contributed by atoms with Crippen LogP contribution in [0, 0.1) is 6.92 Å². The van der Waals surface area contributed by atoms with Crippen molar-refractivity contribution in [1.29, 1.82) is 0 Å². The molecule has 0 radical (unpaired) electrons. The third-order valence-corrected chi connectivity index (χ3v) is 4.26. The Labute approximate surface area is 167 Å². The molecule has 2 aromatic carbocycles. The van der Waals surface area contributed by atoms with Crippen LogP contribution in [-0.2, 0) is 4.79 Å². The molecule has 7 nitrogen and oxygen atoms in total. The van der Waals surface area contributed by atoms with Gasteiger partial charge in [-0.3, -0.25) is 25.5 Å². The van der Waals surface area contributed by atoms with Crippen LogP contribution in [0.2, 0.25) is 5.02 Å². The third-order valence-electron chi connectivity index (χ3n) is 3.95. The number of aromatic amines is 1. The molecule has 28 heavy (non-hydrogen) atoms. The Hall–Kier alpha value is -3.32. The van der Waals surface area contributed by atoms with Gasteiger partial charge in [0.05, 0.1) is 10.7 Å². The molecule has 1 heterocycles. The highest BCUT2D eigenvalue weighted by Crippen LogP contribution is 2.26. The normalized spacial score (nSPS) is 11.5. The van der Waals surface area contributed by atoms with Gasteiger partial charge in [-0.1, -0.05) is 48.0 Å². The number of amides is 2. The van der Waals surface area contributed by atoms with Crippen molar-refractivity contribution in [3.05, 3.63) is 70.9 Å². The Kier molecular flexibility index (Phi) is 5.96. The van der Waals surface area contributed by atoms with Crippen molar-refractivity contribution in [1.82, 2.24) is 21.0 Å². The van der Waals surface area contributed by atoms with Gasteiger partial charge in [0.15, 0.2) is 6.10 Å². The minimum absolute atomic E-state index is 0.217. The lowest BCUT2D eigenvalue weighted by Crippen LogP contribution is -2.47. The van der Waals surface area contributed by atoms with E-state index in [1.165, 1.54) is 0 Å². The molecule has 0 saturated carbocycles. The first-order valence-corrected chi connectivity index (χ1v) is 8.95. The number of rotatable bonds is 5. The maximum Gasteiger partial charge on any atom is 0.287 e. The van der Waals surface area contributed by atoms with Gasteiger partial charge in [0.2, 0.25) is 0 Å². The van der Waals surface area contributed by atoms with E-state index in [-0.39, 0.29) is 5.69 Å². The van der Waals surface area contributed by atoms with Gasteiger partial charge in [-0.25, -0.2) is 0 Å². The largest absolute Gasteiger partial charge is 0.479 e. The molecule has 0 aliphatic carbocycles. The molecule has 0 saturated heterocycles. The minimum Gasteiger partial charge on any atom is -0.479 e. The molecule has 1 aromatic heterocycles. The third kappa shape index (κ3) is 4.69. The minimum atomic E-state index is -0.860. The molecular weight excluding hydrogens is 380 g/mol. The van der Waals surface area contributed by atoms with Crippen LogP contribution in [0.5, 0.6) is 5.75 Å². The SMILES string of the molecule is Cc1ccc(Cl)c(OC(C)C(=O)NNC(=O)c2cc(-c3ccccc3)n[nH]2)c1. The van der Waals surface area contributed by atoms with Crippen LogP contribution in [0.4, 0.5) is 0 Å². The Bertz CT molecular complexity index is 988. The lowest BCUT2D eigenvalue weighted by atomic mass is 10.1. The summed E-state index contributed by atoms with van der Waals surface area (Å²) in [5.74, 6) is -0.644. The van der Waals surface area contributed by atoms with Crippen LogP contribution in [0.1, 0.15) is 23.0 Å². The summed E-state index contributed by atoms with van der Waals surface area (Å²) in [6, 6.07) is 16.3. The molecule has 2 amide bonds. The standard InChI is InChI=1S/C20H19ClN4O3/c1-12-8-9-15(21)18(10-12)28-13(2)19(26)24-25-20(27)17-11-16(22-23-17)14-6-4-3-5-7-14/h3-11,13H,1-2H3,(H,22,23)(H,24,26)(H,25,27). The number of H-pyrrole nitrogens is 1. The lowest BCUT2D eigenvalue weighted by Gasteiger charge is -2.16. The first kappa shape index (κ1) is 19.4. The molecular formula is C20H19ClN4O3. The van der Waals surface area contributed by atoms with Crippen molar-refractivity contribution in [2.24, 2.45) is 0 Å². The highest BCUT2D eigenvalue weighted by molar-refractivity contribution is 6.32. The zero-order valence-electron chi connectivity index (χ0n) is 15.3. The van der Waals surface area contributed by atoms with E-state index >= 15 is 0 Å². The monoisotopic (exact) mass is 398 g/mol. The predicted octanol–water partition coefficient (Wildman–Crippen LogP) is 3.27. The van der Waals surface area contributed by atoms with Gasteiger partial charge in [-0.05, 0) is 37.6 Å². The van der Waals surface area contributed by atoms with Gasteiger partial charge in [-0.2, -0.15) is 5.10 Å². The van der Waals surface area contributed by atoms with Crippen molar-refractivity contribution in [3.8, 4) is 17.0 Å². The molecule has 8 heteroatoms. The van der Waals surface area contributed by atoms with Gasteiger partial charge in [0.25, 0.3) is 11.8 Å². The molecule has 3 aromatic rings. The maximum atomic E-state index is 12.2. The molecule has 1 atom stereocenters. The quantitative estimate of drug-likeness (QED) is 0.575. The summed E-state index contributed by atoms with van der Waals surface area (Å²) in [6.07, 6.45) is -0.860. The van der Waals surface area contributed by atoms with Crippen molar-refractivity contribution < 1.29 is 14.3 Å². The molecule has 0 bridgehead atoms. The number of aromatic nitrogens is 2. The van der Waals surface area contributed by atoms with Gasteiger partial charge < -0.3 is 4.74 Å². The van der Waals surface area contributed by atoms with E-state index in [9.17, 15) is 9.59 Å². The second kappa shape index (κ2) is 8.58. The van der Waals surface area contributed by atoms with Gasteiger partial charge in [0.1, 0.15) is 11.4 Å². The van der Waals surface area contributed by atoms with Crippen LogP contribution in [-0.4, -0.2) is 28.1 Å². The average Bonchev–Trinajstić information content (AvgIpc) is 3.19. The first-order chi connectivity index (χ1) is 13.4. The molecule has 1 unspecified atom stereocenters. The van der Waals surface area contributed by atoms with Gasteiger partial charge in [-0.15, -0.1) is 0 Å². The number of nitrogens with one attached hydrogen (secondary N) is 3. The second-order valence-electron chi connectivity index (χ2n) is 6.17. The molecule has 144 valence electrons. The highest BCUT2D eigenvalue weighted by atomic mass is 35.5. The number of ether oxygens (including phenoxy) is 1. The average molecular weight is 399 g/mol. The molecule has 0 aliphatic rings. The number of carbonyl (C=O) groups excluding carboxylic acids is 2. The number of hydrogen-bond donors (Lipinski definition) is 3. The van der Waals surface area contributed by atoms with E-state index in [0.717, 1.165) is 11.1 Å². The Morgan fingerprint density at radius 2 is 1.86 bits per heavy atom. The molecule has 3 rings (SSSR count). The van der Waals surface area contributed by atoms with E-state index in [2.05, 4.69) is 21.0 Å². The van der Waals surface area contributed by atoms with Crippen LogP contribution >= 0.6 is 11.6 Å². The Balaban J connectivity index is 1.56. The zero-order chi connectivity index (χ0) is 20.1. The number of benzene rings is 2. The summed E-state index contributed by atoms with van der Waals surface area (Å²) in [5, 5.41) is 7.16. The van der Waals surface area contributed by atoms with Gasteiger partial charge in [0, 0.05) is 5.56 Å². The second-order valence-corrected chi connectivity index (χ2v) is 6.58. The lowest BCUT2D eigenvalue weighted by molar-refractivity contribution is -0.128. The van der Waals surface area contributed by atoms with Crippen LogP contribution in [0.25, 0.3) is 11.3 Å². The van der Waals surface area contributed by atoms with E-state index in [1.807, 2.05) is 43.3 Å². The Morgan fingerprint density at radius 1 is 1.11 bits per heavy atom. The molecule has 0 aliphatic heterocycles. The number of carbonyl (C=O) groups is 2. The van der Waals surface area contributed by atoms with E-state index in [4.69, 9.17) is 16.3 Å². The fourth-order valence-electron chi connectivity index (χ4n) is 2.43. The van der Waals surface area contributed by atoms with Crippen molar-refractivity contribution in [2.45, 2.75) is 20.0 Å². The van der Waals surface area contributed by atoms with Crippen molar-refractivity contribution in [2.75, 3.05) is 0 Å². The molecule has 0 spiro atoms. The van der Waals surface area contributed by atoms with Crippen LogP contribution in [0.15, 0.2) is 54.6 Å². The number of hydrogen-bond acceptors (Lipinski definition) is 4. The topological polar surface area (TPSA) is 96.1 Å². The summed E-state index contributed by atoms with van der Waals surface area (Å²) in [6.45, 7) is 3.45. The van der Waals surface area contributed by atoms with E-state index in [1.54, 1.807) is 25.1 Å². The molecule has 3 N–H and O–H groups in total. The summed E-state index contributed by atoms with van der Waals surface area (Å²) in [7, 11) is 0. The summed E-state index contributed by atoms with van der Waals surface area (Å²) in [5.41, 5.74) is 7.33. The van der Waals surface area contributed by atoms with Crippen molar-refractivity contribution >= 4 is 23.4 Å². The molecule has 0 fully saturated rings. The highest BCUT2D eigenvalue weighted by Gasteiger charge is 2.18. The van der Waals surface area contributed by atoms with Crippen molar-refractivity contribution in [3.63, 3.8) is 0 Å².